The summed E-state index contributed by atoms with van der Waals surface area (Å²) in [7, 11) is 0.974. The highest BCUT2D eigenvalue weighted by Crippen LogP contribution is 2.41. The van der Waals surface area contributed by atoms with Gasteiger partial charge >= 0.3 is 0 Å². The molecule has 1 N–H and O–H groups in total. The van der Waals surface area contributed by atoms with Gasteiger partial charge in [-0.05, 0) is 78.8 Å². The van der Waals surface area contributed by atoms with Crippen molar-refractivity contribution in [3.8, 4) is 22.5 Å². The van der Waals surface area contributed by atoms with Gasteiger partial charge in [-0.2, -0.15) is 0 Å². The lowest BCUT2D eigenvalue weighted by atomic mass is 10.0. The third-order valence-corrected chi connectivity index (χ3v) is 8.55. The zero-order valence-electron chi connectivity index (χ0n) is 25.5. The van der Waals surface area contributed by atoms with E-state index in [2.05, 4.69) is 33.6 Å². The van der Waals surface area contributed by atoms with Gasteiger partial charge in [0.2, 0.25) is 5.91 Å². The van der Waals surface area contributed by atoms with Crippen LogP contribution in [0, 0.1) is 5.82 Å². The fourth-order valence-electron chi connectivity index (χ4n) is 5.02. The van der Waals surface area contributed by atoms with Crippen LogP contribution in [0.3, 0.4) is 0 Å². The van der Waals surface area contributed by atoms with Crippen LogP contribution in [-0.4, -0.2) is 70.3 Å². The van der Waals surface area contributed by atoms with Crippen molar-refractivity contribution in [1.29, 1.82) is 0 Å². The second-order valence-corrected chi connectivity index (χ2v) is 16.0. The minimum Gasteiger partial charge on any atom is -0.384 e. The number of hydrogen-bond acceptors (Lipinski definition) is 6. The molecule has 0 aliphatic carbocycles. The van der Waals surface area contributed by atoms with Crippen LogP contribution >= 0.6 is 10.0 Å². The van der Waals surface area contributed by atoms with Crippen molar-refractivity contribution in [3.05, 3.63) is 96.2 Å². The average Bonchev–Trinajstić information content (AvgIpc) is 3.34. The summed E-state index contributed by atoms with van der Waals surface area (Å²) in [5, 5.41) is 2.91. The third-order valence-electron chi connectivity index (χ3n) is 7.16. The fourth-order valence-corrected chi connectivity index (χ4v) is 5.64. The number of carbonyl (C=O) groups is 1. The number of aromatic nitrogens is 4. The van der Waals surface area contributed by atoms with Crippen LogP contribution < -0.4 is 5.32 Å². The fraction of sp³-hybridized carbons (Fsp3) is 0.294. The monoisotopic (exact) mass is 615 g/mol. The largest absolute Gasteiger partial charge is 0.384 e. The Hall–Kier alpha value is -4.12. The summed E-state index contributed by atoms with van der Waals surface area (Å²) in [6, 6.07) is 17.5. The van der Waals surface area contributed by atoms with Gasteiger partial charge in [-0.3, -0.25) is 14.8 Å². The maximum atomic E-state index is 13.3. The topological polar surface area (TPSA) is 91.2 Å². The van der Waals surface area contributed by atoms with E-state index in [4.69, 9.17) is 19.4 Å². The molecule has 0 fully saturated rings. The predicted octanol–water partition coefficient (Wildman–Crippen LogP) is 6.34. The van der Waals surface area contributed by atoms with Crippen LogP contribution in [-0.2, 0) is 33.8 Å². The zero-order valence-corrected chi connectivity index (χ0v) is 26.4. The number of pyridine rings is 3. The molecule has 0 aliphatic heterocycles. The van der Waals surface area contributed by atoms with Gasteiger partial charge in [0.1, 0.15) is 18.4 Å². The van der Waals surface area contributed by atoms with Crippen LogP contribution in [0.5, 0.6) is 0 Å². The lowest BCUT2D eigenvalue weighted by Gasteiger charge is -2.25. The number of amides is 1. The van der Waals surface area contributed by atoms with Crippen molar-refractivity contribution in [3.63, 3.8) is 0 Å². The molecule has 0 saturated heterocycles. The molecular formula is C34H38FN5O3S. The summed E-state index contributed by atoms with van der Waals surface area (Å²) < 4.78 is 27.3. The van der Waals surface area contributed by atoms with E-state index < -0.39 is 10.0 Å². The number of fused-ring (bicyclic) bond motifs is 1. The number of benzene rings is 1. The normalized spacial score (nSPS) is 12.0. The minimum absolute atomic E-state index is 0.0992. The molecule has 0 bridgehead atoms. The van der Waals surface area contributed by atoms with Crippen molar-refractivity contribution < 1.29 is 18.7 Å². The van der Waals surface area contributed by atoms with E-state index in [9.17, 15) is 9.18 Å². The molecule has 44 heavy (non-hydrogen) atoms. The van der Waals surface area contributed by atoms with Crippen molar-refractivity contribution in [2.24, 2.45) is 0 Å². The first-order valence-corrected chi connectivity index (χ1v) is 17.4. The van der Waals surface area contributed by atoms with E-state index >= 15 is 0 Å². The zero-order chi connectivity index (χ0) is 31.1. The smallest absolute Gasteiger partial charge is 0.229 e. The summed E-state index contributed by atoms with van der Waals surface area (Å²) in [5.74, 6) is 0.806. The number of nitrogens with one attached hydrogen (secondary N) is 1. The van der Waals surface area contributed by atoms with Crippen molar-refractivity contribution in [2.45, 2.75) is 19.6 Å². The van der Waals surface area contributed by atoms with Gasteiger partial charge in [-0.1, -0.05) is 18.2 Å². The van der Waals surface area contributed by atoms with E-state index in [1.165, 1.54) is 12.1 Å². The SMILES string of the molecule is COCCc1ccnc2c(-c3ccccn3)c(-c3ccnc(NC(=O)Cc4ccc(F)cc4)c3)n(COCCS(C)(C)C)c12. The van der Waals surface area contributed by atoms with Crippen molar-refractivity contribution >= 4 is 32.8 Å². The Kier molecular flexibility index (Phi) is 10.0. The van der Waals surface area contributed by atoms with Gasteiger partial charge in [0.15, 0.2) is 0 Å². The molecule has 1 amide bonds. The lowest BCUT2D eigenvalue weighted by molar-refractivity contribution is -0.115. The Balaban J connectivity index is 1.60. The summed E-state index contributed by atoms with van der Waals surface area (Å²) in [6.45, 7) is 1.51. The van der Waals surface area contributed by atoms with Gasteiger partial charge in [0.25, 0.3) is 0 Å². The second kappa shape index (κ2) is 14.1. The second-order valence-electron chi connectivity index (χ2n) is 11.4. The summed E-state index contributed by atoms with van der Waals surface area (Å²) >= 11 is 0. The van der Waals surface area contributed by atoms with Crippen LogP contribution in [0.2, 0.25) is 0 Å². The van der Waals surface area contributed by atoms with E-state index in [0.717, 1.165) is 44.9 Å². The molecule has 0 atom stereocenters. The van der Waals surface area contributed by atoms with Crippen LogP contribution in [0.1, 0.15) is 11.1 Å². The molecule has 0 aliphatic rings. The van der Waals surface area contributed by atoms with Crippen LogP contribution in [0.15, 0.2) is 79.3 Å². The minimum atomic E-state index is -0.723. The van der Waals surface area contributed by atoms with Gasteiger partial charge in [0, 0.05) is 37.0 Å². The summed E-state index contributed by atoms with van der Waals surface area (Å²) in [5.41, 5.74) is 6.93. The Morgan fingerprint density at radius 1 is 0.955 bits per heavy atom. The van der Waals surface area contributed by atoms with Gasteiger partial charge in [-0.15, -0.1) is 0 Å². The van der Waals surface area contributed by atoms with Crippen molar-refractivity contribution in [1.82, 2.24) is 19.5 Å². The molecule has 8 nitrogen and oxygen atoms in total. The predicted molar refractivity (Wildman–Crippen MR) is 177 cm³/mol. The van der Waals surface area contributed by atoms with E-state index in [1.807, 2.05) is 42.6 Å². The first-order chi connectivity index (χ1) is 21.2. The molecule has 5 rings (SSSR count). The van der Waals surface area contributed by atoms with Crippen molar-refractivity contribution in [2.75, 3.05) is 50.2 Å². The number of anilines is 1. The maximum Gasteiger partial charge on any atom is 0.229 e. The van der Waals surface area contributed by atoms with E-state index in [0.29, 0.717) is 37.7 Å². The molecule has 5 aromatic rings. The molecule has 0 radical (unpaired) electrons. The molecule has 4 heterocycles. The van der Waals surface area contributed by atoms with E-state index in [-0.39, 0.29) is 18.1 Å². The maximum absolute atomic E-state index is 13.3. The number of ether oxygens (including phenoxy) is 2. The molecule has 4 aromatic heterocycles. The number of halogens is 1. The molecule has 0 saturated carbocycles. The van der Waals surface area contributed by atoms with Crippen LogP contribution in [0.4, 0.5) is 10.2 Å². The van der Waals surface area contributed by atoms with Gasteiger partial charge < -0.3 is 19.4 Å². The molecule has 230 valence electrons. The number of nitrogens with zero attached hydrogens (tertiary/aromatic N) is 4. The highest BCUT2D eigenvalue weighted by Gasteiger charge is 2.24. The highest BCUT2D eigenvalue weighted by molar-refractivity contribution is 8.32. The molecule has 0 spiro atoms. The Labute approximate surface area is 259 Å². The highest BCUT2D eigenvalue weighted by atomic mass is 32.3. The first kappa shape index (κ1) is 31.3. The summed E-state index contributed by atoms with van der Waals surface area (Å²) in [4.78, 5) is 26.9. The first-order valence-electron chi connectivity index (χ1n) is 14.4. The summed E-state index contributed by atoms with van der Waals surface area (Å²) in [6.07, 6.45) is 12.9. The quantitative estimate of drug-likeness (QED) is 0.156. The standard InChI is InChI=1S/C34H38FN5O3S/c1-42-18-14-25-12-17-38-32-31(28-7-5-6-15-36-28)33(40(34(25)32)23-43-19-20-44(2,3)4)26-13-16-37-29(22-26)39-30(41)21-24-8-10-27(35)11-9-24/h5-13,15-17,22H,14,18-21,23H2,1-4H3,(H,37,39,41). The Morgan fingerprint density at radius 2 is 1.75 bits per heavy atom. The van der Waals surface area contributed by atoms with E-state index in [1.54, 1.807) is 31.6 Å². The number of methoxy groups -OCH3 is 1. The van der Waals surface area contributed by atoms with Crippen LogP contribution in [0.25, 0.3) is 33.5 Å². The molecule has 10 heteroatoms. The Morgan fingerprint density at radius 3 is 2.48 bits per heavy atom. The third kappa shape index (κ3) is 7.68. The lowest BCUT2D eigenvalue weighted by Crippen LogP contribution is -2.15. The number of carbonyl (C=O) groups excluding carboxylic acids is 1. The Bertz CT molecular complexity index is 1720. The number of hydrogen-bond donors (Lipinski definition) is 1. The average molecular weight is 616 g/mol. The van der Waals surface area contributed by atoms with Gasteiger partial charge in [0.05, 0.1) is 47.6 Å². The molecular weight excluding hydrogens is 577 g/mol. The number of rotatable bonds is 13. The van der Waals surface area contributed by atoms with Gasteiger partial charge in [-0.25, -0.2) is 19.4 Å². The molecule has 0 unspecified atom stereocenters. The molecule has 1 aromatic carbocycles.